The molecule has 0 heterocycles. The molecule has 0 saturated heterocycles. The van der Waals surface area contributed by atoms with Crippen LogP contribution in [-0.4, -0.2) is 13.7 Å². The molecule has 0 bridgehead atoms. The maximum atomic E-state index is 5.38. The zero-order valence-corrected chi connectivity index (χ0v) is 10.5. The van der Waals surface area contributed by atoms with Crippen LogP contribution in [0.4, 0.5) is 0 Å². The molecule has 90 valence electrons. The molecule has 1 unspecified atom stereocenters. The number of benzene rings is 1. The molecule has 2 aliphatic rings. The standard InChI is InChI=1S/C16H20O/c1-17-11-14-10-13-8-4-5-9-15(13)16(14)12-6-2-3-7-12/h4-5,8-10,12,16H,2-3,6-7,11H2,1H3. The van der Waals surface area contributed by atoms with Gasteiger partial charge in [0.2, 0.25) is 0 Å². The van der Waals surface area contributed by atoms with Gasteiger partial charge < -0.3 is 4.74 Å². The van der Waals surface area contributed by atoms with Crippen molar-refractivity contribution >= 4 is 6.08 Å². The number of hydrogen-bond donors (Lipinski definition) is 0. The number of fused-ring (bicyclic) bond motifs is 1. The summed E-state index contributed by atoms with van der Waals surface area (Å²) in [5, 5.41) is 0. The van der Waals surface area contributed by atoms with Crippen molar-refractivity contribution in [2.45, 2.75) is 31.6 Å². The molecule has 0 aromatic heterocycles. The zero-order chi connectivity index (χ0) is 11.7. The van der Waals surface area contributed by atoms with Crippen LogP contribution in [0.25, 0.3) is 6.08 Å². The lowest BCUT2D eigenvalue weighted by atomic mass is 9.82. The molecule has 1 fully saturated rings. The predicted octanol–water partition coefficient (Wildman–Crippen LogP) is 4.00. The highest BCUT2D eigenvalue weighted by molar-refractivity contribution is 5.67. The summed E-state index contributed by atoms with van der Waals surface area (Å²) in [7, 11) is 1.80. The average molecular weight is 228 g/mol. The van der Waals surface area contributed by atoms with Crippen LogP contribution in [0.2, 0.25) is 0 Å². The van der Waals surface area contributed by atoms with E-state index in [4.69, 9.17) is 4.74 Å². The van der Waals surface area contributed by atoms with Crippen LogP contribution in [0.1, 0.15) is 42.7 Å². The van der Waals surface area contributed by atoms with Crippen LogP contribution < -0.4 is 0 Å². The molecular formula is C16H20O. The van der Waals surface area contributed by atoms with Gasteiger partial charge in [0.25, 0.3) is 0 Å². The van der Waals surface area contributed by atoms with E-state index in [1.165, 1.54) is 42.4 Å². The molecule has 1 atom stereocenters. The Morgan fingerprint density at radius 1 is 1.18 bits per heavy atom. The van der Waals surface area contributed by atoms with Crippen LogP contribution >= 0.6 is 0 Å². The van der Waals surface area contributed by atoms with E-state index < -0.39 is 0 Å². The van der Waals surface area contributed by atoms with E-state index in [9.17, 15) is 0 Å². The Labute approximate surface area is 103 Å². The lowest BCUT2D eigenvalue weighted by molar-refractivity contribution is 0.217. The van der Waals surface area contributed by atoms with Crippen molar-refractivity contribution in [3.63, 3.8) is 0 Å². The van der Waals surface area contributed by atoms with Crippen molar-refractivity contribution in [2.75, 3.05) is 13.7 Å². The van der Waals surface area contributed by atoms with Gasteiger partial charge in [-0.3, -0.25) is 0 Å². The quantitative estimate of drug-likeness (QED) is 0.759. The van der Waals surface area contributed by atoms with Crippen molar-refractivity contribution in [1.29, 1.82) is 0 Å². The van der Waals surface area contributed by atoms with E-state index in [0.29, 0.717) is 5.92 Å². The maximum Gasteiger partial charge on any atom is 0.0682 e. The van der Waals surface area contributed by atoms with Gasteiger partial charge in [-0.25, -0.2) is 0 Å². The molecule has 1 nitrogen and oxygen atoms in total. The van der Waals surface area contributed by atoms with Crippen LogP contribution in [0.5, 0.6) is 0 Å². The van der Waals surface area contributed by atoms with Crippen LogP contribution in [0, 0.1) is 5.92 Å². The summed E-state index contributed by atoms with van der Waals surface area (Å²) in [6.07, 6.45) is 7.94. The Morgan fingerprint density at radius 3 is 2.71 bits per heavy atom. The fourth-order valence-electron chi connectivity index (χ4n) is 3.56. The third-order valence-electron chi connectivity index (χ3n) is 4.25. The monoisotopic (exact) mass is 228 g/mol. The molecule has 1 heteroatoms. The van der Waals surface area contributed by atoms with Gasteiger partial charge in [0.1, 0.15) is 0 Å². The third kappa shape index (κ3) is 1.93. The van der Waals surface area contributed by atoms with Crippen LogP contribution in [0.3, 0.4) is 0 Å². The Hall–Kier alpha value is -1.08. The molecule has 1 saturated carbocycles. The van der Waals surface area contributed by atoms with E-state index in [2.05, 4.69) is 30.3 Å². The summed E-state index contributed by atoms with van der Waals surface area (Å²) in [6.45, 7) is 0.788. The van der Waals surface area contributed by atoms with E-state index in [1.54, 1.807) is 7.11 Å². The Kier molecular flexibility index (Phi) is 3.02. The second-order valence-corrected chi connectivity index (χ2v) is 5.30. The lowest BCUT2D eigenvalue weighted by Crippen LogP contribution is -2.12. The van der Waals surface area contributed by atoms with Gasteiger partial charge in [0.15, 0.2) is 0 Å². The van der Waals surface area contributed by atoms with Crippen molar-refractivity contribution in [2.24, 2.45) is 5.92 Å². The van der Waals surface area contributed by atoms with Crippen LogP contribution in [0.15, 0.2) is 29.8 Å². The molecule has 0 radical (unpaired) electrons. The van der Waals surface area contributed by atoms with E-state index in [0.717, 1.165) is 12.5 Å². The largest absolute Gasteiger partial charge is 0.380 e. The summed E-state index contributed by atoms with van der Waals surface area (Å²) >= 11 is 0. The van der Waals surface area contributed by atoms with E-state index in [1.807, 2.05) is 0 Å². The van der Waals surface area contributed by atoms with Gasteiger partial charge >= 0.3 is 0 Å². The molecule has 1 aromatic rings. The predicted molar refractivity (Wildman–Crippen MR) is 71.0 cm³/mol. The molecular weight excluding hydrogens is 208 g/mol. The number of rotatable bonds is 3. The second kappa shape index (κ2) is 4.66. The van der Waals surface area contributed by atoms with Gasteiger partial charge in [-0.1, -0.05) is 43.2 Å². The molecule has 0 N–H and O–H groups in total. The lowest BCUT2D eigenvalue weighted by Gasteiger charge is -2.23. The zero-order valence-electron chi connectivity index (χ0n) is 10.5. The topological polar surface area (TPSA) is 9.23 Å². The fourth-order valence-corrected chi connectivity index (χ4v) is 3.56. The highest BCUT2D eigenvalue weighted by Gasteiger charge is 2.33. The van der Waals surface area contributed by atoms with Gasteiger partial charge in [-0.05, 0) is 35.5 Å². The van der Waals surface area contributed by atoms with Crippen molar-refractivity contribution in [3.8, 4) is 0 Å². The number of hydrogen-bond acceptors (Lipinski definition) is 1. The highest BCUT2D eigenvalue weighted by atomic mass is 16.5. The van der Waals surface area contributed by atoms with E-state index >= 15 is 0 Å². The summed E-state index contributed by atoms with van der Waals surface area (Å²) in [6, 6.07) is 8.85. The summed E-state index contributed by atoms with van der Waals surface area (Å²) in [5.74, 6) is 1.48. The van der Waals surface area contributed by atoms with Crippen LogP contribution in [-0.2, 0) is 4.74 Å². The Balaban J connectivity index is 1.95. The average Bonchev–Trinajstić information content (AvgIpc) is 2.94. The number of methoxy groups -OCH3 is 1. The molecule has 1 aromatic carbocycles. The van der Waals surface area contributed by atoms with Gasteiger partial charge in [-0.2, -0.15) is 0 Å². The molecule has 0 aliphatic heterocycles. The van der Waals surface area contributed by atoms with E-state index in [-0.39, 0.29) is 0 Å². The second-order valence-electron chi connectivity index (χ2n) is 5.30. The molecule has 2 aliphatic carbocycles. The Bertz CT molecular complexity index is 427. The van der Waals surface area contributed by atoms with Crippen molar-refractivity contribution in [3.05, 3.63) is 41.0 Å². The summed E-state index contributed by atoms with van der Waals surface area (Å²) < 4.78 is 5.38. The van der Waals surface area contributed by atoms with Gasteiger partial charge in [-0.15, -0.1) is 0 Å². The normalized spacial score (nSPS) is 23.8. The minimum absolute atomic E-state index is 0.633. The molecule has 3 rings (SSSR count). The number of ether oxygens (including phenoxy) is 1. The van der Waals surface area contributed by atoms with Gasteiger partial charge in [0.05, 0.1) is 6.61 Å². The van der Waals surface area contributed by atoms with Crippen molar-refractivity contribution in [1.82, 2.24) is 0 Å². The highest BCUT2D eigenvalue weighted by Crippen LogP contribution is 2.46. The first-order valence-electron chi connectivity index (χ1n) is 6.68. The fraction of sp³-hybridized carbons (Fsp3) is 0.500. The minimum Gasteiger partial charge on any atom is -0.380 e. The maximum absolute atomic E-state index is 5.38. The molecule has 0 spiro atoms. The summed E-state index contributed by atoms with van der Waals surface area (Å²) in [4.78, 5) is 0. The first-order valence-corrected chi connectivity index (χ1v) is 6.68. The molecule has 17 heavy (non-hydrogen) atoms. The smallest absolute Gasteiger partial charge is 0.0682 e. The van der Waals surface area contributed by atoms with Gasteiger partial charge in [0, 0.05) is 13.0 Å². The Morgan fingerprint density at radius 2 is 1.94 bits per heavy atom. The summed E-state index contributed by atoms with van der Waals surface area (Å²) in [5.41, 5.74) is 4.43. The SMILES string of the molecule is COCC1=Cc2ccccc2C1C1CCCC1. The minimum atomic E-state index is 0.633. The first-order chi connectivity index (χ1) is 8.40. The van der Waals surface area contributed by atoms with Crippen molar-refractivity contribution < 1.29 is 4.74 Å². The third-order valence-corrected chi connectivity index (χ3v) is 4.25. The molecule has 0 amide bonds. The first kappa shape index (κ1) is 11.0.